The zero-order valence-electron chi connectivity index (χ0n) is 12.5. The van der Waals surface area contributed by atoms with E-state index in [4.69, 9.17) is 0 Å². The fourth-order valence-corrected chi connectivity index (χ4v) is 3.53. The Morgan fingerprint density at radius 1 is 1.36 bits per heavy atom. The zero-order chi connectivity index (χ0) is 15.4. The standard InChI is InChI=1S/C16H21N3O2S/c20-15(11-22-10-12-3-1-7-17-9-12)19-8-2-4-14(19)16(21)18-13-5-6-13/h1,3,7,9,13-14H,2,4-6,8,10-11H2,(H,18,21). The van der Waals surface area contributed by atoms with Crippen LogP contribution in [-0.2, 0) is 15.3 Å². The van der Waals surface area contributed by atoms with E-state index in [0.717, 1.165) is 37.0 Å². The van der Waals surface area contributed by atoms with Crippen LogP contribution in [0, 0.1) is 0 Å². The van der Waals surface area contributed by atoms with Crippen molar-refractivity contribution in [2.45, 2.75) is 43.5 Å². The molecule has 1 saturated heterocycles. The maximum Gasteiger partial charge on any atom is 0.243 e. The van der Waals surface area contributed by atoms with Crippen LogP contribution in [0.2, 0.25) is 0 Å². The smallest absolute Gasteiger partial charge is 0.243 e. The van der Waals surface area contributed by atoms with Gasteiger partial charge in [0.05, 0.1) is 5.75 Å². The summed E-state index contributed by atoms with van der Waals surface area (Å²) in [6.07, 6.45) is 7.42. The average Bonchev–Trinajstić information content (AvgIpc) is 3.20. The van der Waals surface area contributed by atoms with Crippen LogP contribution in [0.25, 0.3) is 0 Å². The van der Waals surface area contributed by atoms with Crippen molar-refractivity contribution in [3.8, 4) is 0 Å². The van der Waals surface area contributed by atoms with Gasteiger partial charge < -0.3 is 10.2 Å². The van der Waals surface area contributed by atoms with E-state index < -0.39 is 0 Å². The van der Waals surface area contributed by atoms with E-state index in [9.17, 15) is 9.59 Å². The predicted octanol–water partition coefficient (Wildman–Crippen LogP) is 1.58. The van der Waals surface area contributed by atoms with Gasteiger partial charge in [-0.25, -0.2) is 0 Å². The topological polar surface area (TPSA) is 62.3 Å². The second kappa shape index (κ2) is 7.13. The highest BCUT2D eigenvalue weighted by Gasteiger charge is 2.36. The highest BCUT2D eigenvalue weighted by Crippen LogP contribution is 2.23. The van der Waals surface area contributed by atoms with Crippen molar-refractivity contribution in [2.75, 3.05) is 12.3 Å². The molecule has 0 aromatic carbocycles. The maximum absolute atomic E-state index is 12.4. The van der Waals surface area contributed by atoms with Crippen molar-refractivity contribution in [1.82, 2.24) is 15.2 Å². The molecule has 1 N–H and O–H groups in total. The number of thioether (sulfide) groups is 1. The minimum atomic E-state index is -0.257. The Kier molecular flexibility index (Phi) is 4.97. The van der Waals surface area contributed by atoms with Gasteiger partial charge in [-0.2, -0.15) is 0 Å². The first-order chi connectivity index (χ1) is 10.7. The Morgan fingerprint density at radius 3 is 2.95 bits per heavy atom. The minimum absolute atomic E-state index is 0.0330. The fourth-order valence-electron chi connectivity index (χ4n) is 2.69. The molecule has 1 saturated carbocycles. The number of carbonyl (C=O) groups is 2. The number of aromatic nitrogens is 1. The van der Waals surface area contributed by atoms with Gasteiger partial charge in [0.2, 0.25) is 11.8 Å². The van der Waals surface area contributed by atoms with E-state index >= 15 is 0 Å². The molecule has 1 aromatic rings. The number of amides is 2. The molecule has 2 heterocycles. The molecular formula is C16H21N3O2S. The molecule has 0 radical (unpaired) electrons. The summed E-state index contributed by atoms with van der Waals surface area (Å²) >= 11 is 1.58. The summed E-state index contributed by atoms with van der Waals surface area (Å²) in [6, 6.07) is 4.00. The van der Waals surface area contributed by atoms with Gasteiger partial charge >= 0.3 is 0 Å². The summed E-state index contributed by atoms with van der Waals surface area (Å²) in [7, 11) is 0. The molecular weight excluding hydrogens is 298 g/mol. The van der Waals surface area contributed by atoms with Crippen molar-refractivity contribution in [3.63, 3.8) is 0 Å². The van der Waals surface area contributed by atoms with Gasteiger partial charge in [0.15, 0.2) is 0 Å². The quantitative estimate of drug-likeness (QED) is 0.865. The molecule has 1 atom stereocenters. The van der Waals surface area contributed by atoms with E-state index in [2.05, 4.69) is 10.3 Å². The van der Waals surface area contributed by atoms with Crippen LogP contribution in [0.4, 0.5) is 0 Å². The second-order valence-corrected chi connectivity index (χ2v) is 6.87. The summed E-state index contributed by atoms with van der Waals surface area (Å²) in [5.41, 5.74) is 1.12. The molecule has 2 aliphatic rings. The van der Waals surface area contributed by atoms with E-state index in [1.54, 1.807) is 22.9 Å². The van der Waals surface area contributed by atoms with Gasteiger partial charge in [-0.3, -0.25) is 14.6 Å². The molecule has 3 rings (SSSR count). The SMILES string of the molecule is O=C(NC1CC1)C1CCCN1C(=O)CSCc1cccnc1. The van der Waals surface area contributed by atoms with Gasteiger partial charge in [0, 0.05) is 30.7 Å². The third kappa shape index (κ3) is 4.00. The number of nitrogens with one attached hydrogen (secondary N) is 1. The molecule has 6 heteroatoms. The van der Waals surface area contributed by atoms with Crippen molar-refractivity contribution < 1.29 is 9.59 Å². The van der Waals surface area contributed by atoms with Crippen LogP contribution in [0.5, 0.6) is 0 Å². The van der Waals surface area contributed by atoms with Crippen molar-refractivity contribution in [1.29, 1.82) is 0 Å². The number of rotatable bonds is 6. The van der Waals surface area contributed by atoms with E-state index in [1.807, 2.05) is 18.3 Å². The highest BCUT2D eigenvalue weighted by molar-refractivity contribution is 7.99. The van der Waals surface area contributed by atoms with Gasteiger partial charge in [-0.15, -0.1) is 11.8 Å². The van der Waals surface area contributed by atoms with Crippen LogP contribution < -0.4 is 5.32 Å². The molecule has 1 aliphatic heterocycles. The Labute approximate surface area is 134 Å². The first-order valence-electron chi connectivity index (χ1n) is 7.80. The minimum Gasteiger partial charge on any atom is -0.352 e. The lowest BCUT2D eigenvalue weighted by atomic mass is 10.2. The Balaban J connectivity index is 1.46. The summed E-state index contributed by atoms with van der Waals surface area (Å²) < 4.78 is 0. The fraction of sp³-hybridized carbons (Fsp3) is 0.562. The van der Waals surface area contributed by atoms with Crippen LogP contribution in [0.3, 0.4) is 0 Å². The monoisotopic (exact) mass is 319 g/mol. The second-order valence-electron chi connectivity index (χ2n) is 5.88. The maximum atomic E-state index is 12.4. The lowest BCUT2D eigenvalue weighted by Crippen LogP contribution is -2.47. The first-order valence-corrected chi connectivity index (χ1v) is 8.96. The van der Waals surface area contributed by atoms with Gasteiger partial charge in [-0.1, -0.05) is 6.07 Å². The lowest BCUT2D eigenvalue weighted by Gasteiger charge is -2.23. The third-order valence-electron chi connectivity index (χ3n) is 4.02. The molecule has 2 amide bonds. The van der Waals surface area contributed by atoms with E-state index in [0.29, 0.717) is 18.3 Å². The molecule has 1 aliphatic carbocycles. The number of hydrogen-bond acceptors (Lipinski definition) is 4. The summed E-state index contributed by atoms with van der Waals surface area (Å²) in [4.78, 5) is 30.4. The number of pyridine rings is 1. The number of carbonyl (C=O) groups excluding carboxylic acids is 2. The average molecular weight is 319 g/mol. The summed E-state index contributed by atoms with van der Waals surface area (Å²) in [5.74, 6) is 1.29. The summed E-state index contributed by atoms with van der Waals surface area (Å²) in [5, 5.41) is 3.01. The zero-order valence-corrected chi connectivity index (χ0v) is 13.3. The molecule has 118 valence electrons. The van der Waals surface area contributed by atoms with Crippen LogP contribution >= 0.6 is 11.8 Å². The van der Waals surface area contributed by atoms with Crippen molar-refractivity contribution in [2.24, 2.45) is 0 Å². The van der Waals surface area contributed by atoms with Gasteiger partial charge in [0.25, 0.3) is 0 Å². The first kappa shape index (κ1) is 15.3. The number of likely N-dealkylation sites (tertiary alicyclic amines) is 1. The van der Waals surface area contributed by atoms with Crippen LogP contribution in [0.15, 0.2) is 24.5 Å². The lowest BCUT2D eigenvalue weighted by molar-refractivity contribution is -0.136. The molecule has 2 fully saturated rings. The molecule has 1 unspecified atom stereocenters. The Bertz CT molecular complexity index is 533. The molecule has 0 bridgehead atoms. The predicted molar refractivity (Wildman–Crippen MR) is 86.3 cm³/mol. The van der Waals surface area contributed by atoms with E-state index in [-0.39, 0.29) is 17.9 Å². The van der Waals surface area contributed by atoms with Crippen molar-refractivity contribution in [3.05, 3.63) is 30.1 Å². The highest BCUT2D eigenvalue weighted by atomic mass is 32.2. The summed E-state index contributed by atoms with van der Waals surface area (Å²) in [6.45, 7) is 0.703. The van der Waals surface area contributed by atoms with Gasteiger partial charge in [0.1, 0.15) is 6.04 Å². The largest absolute Gasteiger partial charge is 0.352 e. The Morgan fingerprint density at radius 2 is 2.23 bits per heavy atom. The van der Waals surface area contributed by atoms with Gasteiger partial charge in [-0.05, 0) is 37.3 Å². The molecule has 22 heavy (non-hydrogen) atoms. The Hall–Kier alpha value is -1.56. The molecule has 5 nitrogen and oxygen atoms in total. The van der Waals surface area contributed by atoms with Crippen LogP contribution in [0.1, 0.15) is 31.2 Å². The van der Waals surface area contributed by atoms with Crippen LogP contribution in [-0.4, -0.2) is 46.1 Å². The number of hydrogen-bond donors (Lipinski definition) is 1. The molecule has 1 aromatic heterocycles. The van der Waals surface area contributed by atoms with Crippen molar-refractivity contribution >= 4 is 23.6 Å². The molecule has 0 spiro atoms. The third-order valence-corrected chi connectivity index (χ3v) is 5.01. The van der Waals surface area contributed by atoms with E-state index in [1.165, 1.54) is 0 Å². The normalized spacial score (nSPS) is 20.9. The number of nitrogens with zero attached hydrogens (tertiary/aromatic N) is 2.